The van der Waals surface area contributed by atoms with Gasteiger partial charge in [0.2, 0.25) is 0 Å². The number of carbonyl (C=O) groups is 1. The van der Waals surface area contributed by atoms with Gasteiger partial charge in [-0.3, -0.25) is 4.79 Å². The lowest BCUT2D eigenvalue weighted by atomic mass is 10.1. The molecule has 4 aromatic rings. The van der Waals surface area contributed by atoms with E-state index >= 15 is 0 Å². The van der Waals surface area contributed by atoms with Crippen molar-refractivity contribution in [2.24, 2.45) is 7.05 Å². The molecule has 29 heavy (non-hydrogen) atoms. The van der Waals surface area contributed by atoms with Crippen molar-refractivity contribution < 1.29 is 9.18 Å². The number of amides is 1. The van der Waals surface area contributed by atoms with Crippen LogP contribution in [-0.2, 0) is 19.9 Å². The quantitative estimate of drug-likeness (QED) is 0.520. The van der Waals surface area contributed by atoms with Crippen LogP contribution in [0.15, 0.2) is 66.7 Å². The second-order valence-corrected chi connectivity index (χ2v) is 7.19. The van der Waals surface area contributed by atoms with Gasteiger partial charge < -0.3 is 9.88 Å². The van der Waals surface area contributed by atoms with Crippen molar-refractivity contribution in [2.45, 2.75) is 19.8 Å². The number of imidazole rings is 1. The molecular weight excluding hydrogens is 365 g/mol. The lowest BCUT2D eigenvalue weighted by Crippen LogP contribution is -2.12. The van der Waals surface area contributed by atoms with Crippen LogP contribution in [0.1, 0.15) is 27.3 Å². The number of anilines is 1. The van der Waals surface area contributed by atoms with Gasteiger partial charge in [-0.1, -0.05) is 36.4 Å². The van der Waals surface area contributed by atoms with E-state index < -0.39 is 0 Å². The Kier molecular flexibility index (Phi) is 5.12. The Hall–Kier alpha value is -3.47. The van der Waals surface area contributed by atoms with E-state index in [1.807, 2.05) is 43.4 Å². The summed E-state index contributed by atoms with van der Waals surface area (Å²) in [6.07, 6.45) is 1.75. The number of fused-ring (bicyclic) bond motifs is 1. The highest BCUT2D eigenvalue weighted by atomic mass is 19.1. The van der Waals surface area contributed by atoms with Gasteiger partial charge in [0.1, 0.15) is 11.6 Å². The normalized spacial score (nSPS) is 11.0. The molecule has 0 bridgehead atoms. The van der Waals surface area contributed by atoms with Gasteiger partial charge in [0.15, 0.2) is 0 Å². The van der Waals surface area contributed by atoms with Crippen LogP contribution < -0.4 is 5.32 Å². The Morgan fingerprint density at radius 2 is 1.83 bits per heavy atom. The maximum Gasteiger partial charge on any atom is 0.255 e. The van der Waals surface area contributed by atoms with Crippen molar-refractivity contribution in [1.29, 1.82) is 0 Å². The van der Waals surface area contributed by atoms with Crippen molar-refractivity contribution >= 4 is 22.6 Å². The number of aryl methyl sites for hydroxylation is 4. The molecule has 0 aliphatic heterocycles. The molecule has 1 N–H and O–H groups in total. The second-order valence-electron chi connectivity index (χ2n) is 7.19. The van der Waals surface area contributed by atoms with E-state index in [2.05, 4.69) is 22.0 Å². The summed E-state index contributed by atoms with van der Waals surface area (Å²) in [5.41, 5.74) is 4.54. The highest BCUT2D eigenvalue weighted by Gasteiger charge is 2.12. The molecule has 1 amide bonds. The van der Waals surface area contributed by atoms with Gasteiger partial charge in [0, 0.05) is 24.7 Å². The summed E-state index contributed by atoms with van der Waals surface area (Å²) in [4.78, 5) is 17.2. The SMILES string of the molecule is Cc1ccc(C(=O)Nc2ccc3c(c2)nc(CCc2ccccc2)n3C)cc1F. The van der Waals surface area contributed by atoms with Crippen molar-refractivity contribution in [1.82, 2.24) is 9.55 Å². The molecule has 0 saturated heterocycles. The van der Waals surface area contributed by atoms with Gasteiger partial charge >= 0.3 is 0 Å². The summed E-state index contributed by atoms with van der Waals surface area (Å²) in [6.45, 7) is 1.67. The Balaban J connectivity index is 1.53. The number of hydrogen-bond acceptors (Lipinski definition) is 2. The van der Waals surface area contributed by atoms with Crippen LogP contribution in [0.25, 0.3) is 11.0 Å². The molecule has 0 atom stereocenters. The molecule has 0 aliphatic carbocycles. The van der Waals surface area contributed by atoms with E-state index in [-0.39, 0.29) is 17.3 Å². The van der Waals surface area contributed by atoms with E-state index in [9.17, 15) is 9.18 Å². The Bertz CT molecular complexity index is 1180. The molecule has 0 spiro atoms. The number of halogens is 1. The first-order chi connectivity index (χ1) is 14.0. The summed E-state index contributed by atoms with van der Waals surface area (Å²) in [5.74, 6) is 0.261. The van der Waals surface area contributed by atoms with Crippen LogP contribution in [0.2, 0.25) is 0 Å². The predicted molar refractivity (Wildman–Crippen MR) is 114 cm³/mol. The summed E-state index contributed by atoms with van der Waals surface area (Å²) >= 11 is 0. The maximum atomic E-state index is 13.7. The summed E-state index contributed by atoms with van der Waals surface area (Å²) < 4.78 is 15.8. The lowest BCUT2D eigenvalue weighted by molar-refractivity contribution is 0.102. The van der Waals surface area contributed by atoms with Crippen LogP contribution in [0, 0.1) is 12.7 Å². The minimum Gasteiger partial charge on any atom is -0.331 e. The zero-order valence-corrected chi connectivity index (χ0v) is 16.4. The average molecular weight is 387 g/mol. The van der Waals surface area contributed by atoms with Crippen LogP contribution in [0.4, 0.5) is 10.1 Å². The van der Waals surface area contributed by atoms with E-state index in [0.29, 0.717) is 11.3 Å². The molecule has 0 radical (unpaired) electrons. The number of nitrogens with one attached hydrogen (secondary N) is 1. The van der Waals surface area contributed by atoms with Crippen LogP contribution in [-0.4, -0.2) is 15.5 Å². The van der Waals surface area contributed by atoms with Gasteiger partial charge in [-0.05, 0) is 54.8 Å². The smallest absolute Gasteiger partial charge is 0.255 e. The number of nitrogens with zero attached hydrogens (tertiary/aromatic N) is 2. The van der Waals surface area contributed by atoms with Crippen molar-refractivity contribution in [3.8, 4) is 0 Å². The molecular formula is C24H22FN3O. The monoisotopic (exact) mass is 387 g/mol. The standard InChI is InChI=1S/C24H22FN3O/c1-16-8-10-18(14-20(16)25)24(29)26-19-11-12-22-21(15-19)27-23(28(22)2)13-9-17-6-4-3-5-7-17/h3-8,10-12,14-15H,9,13H2,1-2H3,(H,26,29). The molecule has 146 valence electrons. The Morgan fingerprint density at radius 1 is 1.03 bits per heavy atom. The molecule has 4 nitrogen and oxygen atoms in total. The third kappa shape index (κ3) is 4.04. The first kappa shape index (κ1) is 18.9. The molecule has 0 saturated carbocycles. The molecule has 0 fully saturated rings. The van der Waals surface area contributed by atoms with Crippen LogP contribution in [0.5, 0.6) is 0 Å². The first-order valence-electron chi connectivity index (χ1n) is 9.58. The van der Waals surface area contributed by atoms with Gasteiger partial charge in [0.25, 0.3) is 5.91 Å². The zero-order chi connectivity index (χ0) is 20.4. The molecule has 0 unspecified atom stereocenters. The topological polar surface area (TPSA) is 46.9 Å². The Morgan fingerprint density at radius 3 is 2.59 bits per heavy atom. The maximum absolute atomic E-state index is 13.7. The largest absolute Gasteiger partial charge is 0.331 e. The first-order valence-corrected chi connectivity index (χ1v) is 9.58. The summed E-state index contributed by atoms with van der Waals surface area (Å²) in [7, 11) is 2.00. The lowest BCUT2D eigenvalue weighted by Gasteiger charge is -2.06. The van der Waals surface area contributed by atoms with E-state index in [1.54, 1.807) is 19.1 Å². The summed E-state index contributed by atoms with van der Waals surface area (Å²) in [6, 6.07) is 20.4. The Labute approximate surface area is 169 Å². The molecule has 5 heteroatoms. The zero-order valence-electron chi connectivity index (χ0n) is 16.4. The second kappa shape index (κ2) is 7.87. The van der Waals surface area contributed by atoms with Crippen molar-refractivity contribution in [2.75, 3.05) is 5.32 Å². The predicted octanol–water partition coefficient (Wildman–Crippen LogP) is 5.06. The van der Waals surface area contributed by atoms with Crippen molar-refractivity contribution in [3.05, 3.63) is 95.1 Å². The highest BCUT2D eigenvalue weighted by molar-refractivity contribution is 6.05. The van der Waals surface area contributed by atoms with Gasteiger partial charge in [0.05, 0.1) is 11.0 Å². The third-order valence-corrected chi connectivity index (χ3v) is 5.15. The molecule has 3 aromatic carbocycles. The molecule has 4 rings (SSSR count). The number of carbonyl (C=O) groups excluding carboxylic acids is 1. The van der Waals surface area contributed by atoms with E-state index in [0.717, 1.165) is 29.7 Å². The minimum atomic E-state index is -0.388. The summed E-state index contributed by atoms with van der Waals surface area (Å²) in [5, 5.41) is 2.83. The van der Waals surface area contributed by atoms with Gasteiger partial charge in [-0.2, -0.15) is 0 Å². The van der Waals surface area contributed by atoms with Crippen molar-refractivity contribution in [3.63, 3.8) is 0 Å². The molecule has 1 heterocycles. The highest BCUT2D eigenvalue weighted by Crippen LogP contribution is 2.21. The fourth-order valence-corrected chi connectivity index (χ4v) is 3.39. The number of benzene rings is 3. The number of hydrogen-bond donors (Lipinski definition) is 1. The van der Waals surface area contributed by atoms with E-state index in [1.165, 1.54) is 11.6 Å². The van der Waals surface area contributed by atoms with Gasteiger partial charge in [-0.25, -0.2) is 9.37 Å². The van der Waals surface area contributed by atoms with Crippen LogP contribution in [0.3, 0.4) is 0 Å². The average Bonchev–Trinajstić information content (AvgIpc) is 3.04. The fourth-order valence-electron chi connectivity index (χ4n) is 3.39. The number of rotatable bonds is 5. The minimum absolute atomic E-state index is 0.290. The van der Waals surface area contributed by atoms with Gasteiger partial charge in [-0.15, -0.1) is 0 Å². The molecule has 1 aromatic heterocycles. The van der Waals surface area contributed by atoms with Crippen LogP contribution >= 0.6 is 0 Å². The molecule has 0 aliphatic rings. The van der Waals surface area contributed by atoms with E-state index in [4.69, 9.17) is 4.98 Å². The third-order valence-electron chi connectivity index (χ3n) is 5.15. The number of aromatic nitrogens is 2. The fraction of sp³-hybridized carbons (Fsp3) is 0.167.